The fraction of sp³-hybridized carbons (Fsp3) is 0.444. The maximum atomic E-state index is 5.64. The summed E-state index contributed by atoms with van der Waals surface area (Å²) in [5, 5.41) is 2.47. The number of fused-ring (bicyclic) bond motifs is 1. The predicted molar refractivity (Wildman–Crippen MR) is 82.7 cm³/mol. The topological polar surface area (TPSA) is 43.5 Å². The second-order valence-electron chi connectivity index (χ2n) is 5.96. The Balaban J connectivity index is 1.36. The lowest BCUT2D eigenvalue weighted by atomic mass is 10.0. The van der Waals surface area contributed by atoms with E-state index in [1.165, 1.54) is 21.9 Å². The van der Waals surface area contributed by atoms with Crippen molar-refractivity contribution in [3.05, 3.63) is 47.5 Å². The second kappa shape index (κ2) is 6.34. The molecule has 2 heterocycles. The summed E-state index contributed by atoms with van der Waals surface area (Å²) in [5.41, 5.74) is 2.39. The molecule has 0 N–H and O–H groups in total. The molecule has 2 saturated heterocycles. The quantitative estimate of drug-likeness (QED) is 0.703. The molecule has 116 valence electrons. The molecule has 0 radical (unpaired) electrons. The summed E-state index contributed by atoms with van der Waals surface area (Å²) >= 11 is 0. The summed E-state index contributed by atoms with van der Waals surface area (Å²) in [6.07, 6.45) is 0.646. The van der Waals surface area contributed by atoms with Crippen LogP contribution in [0.3, 0.4) is 0 Å². The van der Waals surface area contributed by atoms with E-state index in [-0.39, 0.29) is 0 Å². The number of benzene rings is 2. The number of ether oxygens (including phenoxy) is 4. The van der Waals surface area contributed by atoms with E-state index < -0.39 is 0 Å². The molecular formula is C18H20O4. The van der Waals surface area contributed by atoms with E-state index >= 15 is 0 Å². The van der Waals surface area contributed by atoms with Crippen LogP contribution < -0.4 is 0 Å². The summed E-state index contributed by atoms with van der Waals surface area (Å²) in [6.45, 7) is 4.35. The Morgan fingerprint density at radius 2 is 1.23 bits per heavy atom. The van der Waals surface area contributed by atoms with Gasteiger partial charge in [0.05, 0.1) is 39.6 Å². The highest BCUT2D eigenvalue weighted by Crippen LogP contribution is 2.20. The minimum absolute atomic E-state index is 0.323. The normalized spacial score (nSPS) is 22.9. The van der Waals surface area contributed by atoms with Gasteiger partial charge in [-0.1, -0.05) is 24.3 Å². The lowest BCUT2D eigenvalue weighted by molar-refractivity contribution is 0.104. The van der Waals surface area contributed by atoms with Crippen molar-refractivity contribution in [2.75, 3.05) is 26.4 Å². The van der Waals surface area contributed by atoms with Crippen molar-refractivity contribution in [3.63, 3.8) is 0 Å². The van der Waals surface area contributed by atoms with Gasteiger partial charge in [-0.2, -0.15) is 0 Å². The van der Waals surface area contributed by atoms with Crippen LogP contribution in [0.4, 0.5) is 0 Å². The third-order valence-electron chi connectivity index (χ3n) is 3.92. The highest BCUT2D eigenvalue weighted by atomic mass is 16.6. The van der Waals surface area contributed by atoms with Crippen molar-refractivity contribution in [1.82, 2.24) is 0 Å². The molecule has 0 bridgehead atoms. The summed E-state index contributed by atoms with van der Waals surface area (Å²) in [7, 11) is 0. The largest absolute Gasteiger partial charge is 0.374 e. The van der Waals surface area contributed by atoms with Gasteiger partial charge in [0.1, 0.15) is 12.2 Å². The van der Waals surface area contributed by atoms with Gasteiger partial charge in [-0.15, -0.1) is 0 Å². The molecule has 4 rings (SSSR count). The lowest BCUT2D eigenvalue weighted by Crippen LogP contribution is -2.02. The fourth-order valence-corrected chi connectivity index (χ4v) is 2.47. The Morgan fingerprint density at radius 1 is 0.773 bits per heavy atom. The van der Waals surface area contributed by atoms with Gasteiger partial charge in [-0.3, -0.25) is 0 Å². The first-order chi connectivity index (χ1) is 10.9. The highest BCUT2D eigenvalue weighted by Gasteiger charge is 2.22. The molecule has 2 unspecified atom stereocenters. The van der Waals surface area contributed by atoms with Gasteiger partial charge in [-0.25, -0.2) is 0 Å². The molecule has 2 fully saturated rings. The van der Waals surface area contributed by atoms with Gasteiger partial charge in [0.25, 0.3) is 0 Å². The lowest BCUT2D eigenvalue weighted by Gasteiger charge is -2.07. The van der Waals surface area contributed by atoms with Crippen molar-refractivity contribution in [2.24, 2.45) is 0 Å². The fourth-order valence-electron chi connectivity index (χ4n) is 2.47. The van der Waals surface area contributed by atoms with Crippen LogP contribution in [0.1, 0.15) is 11.1 Å². The van der Waals surface area contributed by atoms with Crippen molar-refractivity contribution in [2.45, 2.75) is 25.4 Å². The third-order valence-corrected chi connectivity index (χ3v) is 3.92. The first-order valence-corrected chi connectivity index (χ1v) is 7.77. The van der Waals surface area contributed by atoms with Crippen LogP contribution in [0, 0.1) is 0 Å². The zero-order valence-electron chi connectivity index (χ0n) is 12.5. The molecule has 4 nitrogen and oxygen atoms in total. The number of epoxide rings is 2. The zero-order valence-corrected chi connectivity index (χ0v) is 12.5. The maximum Gasteiger partial charge on any atom is 0.104 e. The minimum Gasteiger partial charge on any atom is -0.374 e. The van der Waals surface area contributed by atoms with Crippen molar-refractivity contribution < 1.29 is 18.9 Å². The van der Waals surface area contributed by atoms with Crippen LogP contribution in [-0.4, -0.2) is 38.6 Å². The molecule has 2 aromatic rings. The van der Waals surface area contributed by atoms with Crippen molar-refractivity contribution in [3.8, 4) is 0 Å². The number of hydrogen-bond acceptors (Lipinski definition) is 4. The Labute approximate surface area is 129 Å². The Kier molecular flexibility index (Phi) is 4.08. The molecule has 0 amide bonds. The van der Waals surface area contributed by atoms with E-state index in [1.54, 1.807) is 0 Å². The summed E-state index contributed by atoms with van der Waals surface area (Å²) in [6, 6.07) is 12.9. The van der Waals surface area contributed by atoms with Gasteiger partial charge < -0.3 is 18.9 Å². The van der Waals surface area contributed by atoms with Crippen LogP contribution in [-0.2, 0) is 32.2 Å². The SMILES string of the molecule is c1cc2cc(COCC3CO3)ccc2cc1COCC1CO1. The second-order valence-corrected chi connectivity index (χ2v) is 5.96. The number of hydrogen-bond donors (Lipinski definition) is 0. The molecule has 2 aromatic carbocycles. The average Bonchev–Trinajstić information content (AvgIpc) is 3.42. The van der Waals surface area contributed by atoms with E-state index in [2.05, 4.69) is 36.4 Å². The van der Waals surface area contributed by atoms with Crippen molar-refractivity contribution in [1.29, 1.82) is 0 Å². The van der Waals surface area contributed by atoms with Crippen LogP contribution in [0.2, 0.25) is 0 Å². The van der Waals surface area contributed by atoms with E-state index in [9.17, 15) is 0 Å². The van der Waals surface area contributed by atoms with Gasteiger partial charge in [-0.05, 0) is 34.0 Å². The van der Waals surface area contributed by atoms with Gasteiger partial charge >= 0.3 is 0 Å². The maximum absolute atomic E-state index is 5.64. The third kappa shape index (κ3) is 3.84. The average molecular weight is 300 g/mol. The predicted octanol–water partition coefficient (Wildman–Crippen LogP) is 2.67. The van der Waals surface area contributed by atoms with Gasteiger partial charge in [0.15, 0.2) is 0 Å². The molecule has 0 aliphatic carbocycles. The molecule has 22 heavy (non-hydrogen) atoms. The molecule has 2 aliphatic heterocycles. The minimum atomic E-state index is 0.323. The van der Waals surface area contributed by atoms with Crippen LogP contribution in [0.5, 0.6) is 0 Å². The Hall–Kier alpha value is -1.46. The summed E-state index contributed by atoms with van der Waals surface area (Å²) in [5.74, 6) is 0. The van der Waals surface area contributed by atoms with E-state index in [0.29, 0.717) is 38.6 Å². The van der Waals surface area contributed by atoms with E-state index in [4.69, 9.17) is 18.9 Å². The standard InChI is InChI=1S/C18H20O4/c1-3-15-6-14(8-20-10-18-12-22-18)2-4-16(15)5-13(1)7-19-9-17-11-21-17/h1-6,17-18H,7-12H2. The molecule has 2 atom stereocenters. The Bertz CT molecular complexity index is 589. The highest BCUT2D eigenvalue weighted by molar-refractivity contribution is 5.83. The van der Waals surface area contributed by atoms with Gasteiger partial charge in [0, 0.05) is 0 Å². The molecule has 0 spiro atoms. The van der Waals surface area contributed by atoms with Crippen LogP contribution in [0.15, 0.2) is 36.4 Å². The first-order valence-electron chi connectivity index (χ1n) is 7.77. The summed E-state index contributed by atoms with van der Waals surface area (Å²) < 4.78 is 21.6. The molecule has 0 aromatic heterocycles. The number of rotatable bonds is 8. The Morgan fingerprint density at radius 3 is 1.64 bits per heavy atom. The smallest absolute Gasteiger partial charge is 0.104 e. The van der Waals surface area contributed by atoms with Crippen LogP contribution in [0.25, 0.3) is 10.8 Å². The van der Waals surface area contributed by atoms with Gasteiger partial charge in [0.2, 0.25) is 0 Å². The zero-order chi connectivity index (χ0) is 14.8. The monoisotopic (exact) mass is 300 g/mol. The molecule has 2 aliphatic rings. The molecule has 0 saturated carbocycles. The molecule has 4 heteroatoms. The molecular weight excluding hydrogens is 280 g/mol. The van der Waals surface area contributed by atoms with E-state index in [1.807, 2.05) is 0 Å². The van der Waals surface area contributed by atoms with E-state index in [0.717, 1.165) is 13.2 Å². The first kappa shape index (κ1) is 14.2. The van der Waals surface area contributed by atoms with Crippen LogP contribution >= 0.6 is 0 Å². The van der Waals surface area contributed by atoms with Crippen molar-refractivity contribution >= 4 is 10.8 Å². The summed E-state index contributed by atoms with van der Waals surface area (Å²) in [4.78, 5) is 0.